The molecule has 0 saturated carbocycles. The zero-order valence-corrected chi connectivity index (χ0v) is 10.7. The van der Waals surface area contributed by atoms with Crippen molar-refractivity contribution in [3.8, 4) is 0 Å². The second-order valence-electron chi connectivity index (χ2n) is 4.00. The summed E-state index contributed by atoms with van der Waals surface area (Å²) in [6.07, 6.45) is 0. The summed E-state index contributed by atoms with van der Waals surface area (Å²) in [5.41, 5.74) is 0. The first kappa shape index (κ1) is 12.0. The van der Waals surface area contributed by atoms with Gasteiger partial charge in [0.25, 0.3) is 0 Å². The van der Waals surface area contributed by atoms with Crippen LogP contribution < -0.4 is 5.32 Å². The van der Waals surface area contributed by atoms with E-state index in [1.54, 1.807) is 11.3 Å². The van der Waals surface area contributed by atoms with E-state index in [4.69, 9.17) is 11.6 Å². The van der Waals surface area contributed by atoms with Crippen LogP contribution in [0.5, 0.6) is 0 Å². The maximum Gasteiger partial charge on any atom is 0.0561 e. The third kappa shape index (κ3) is 2.50. The van der Waals surface area contributed by atoms with Crippen LogP contribution in [0.15, 0.2) is 11.4 Å². The fourth-order valence-electron chi connectivity index (χ4n) is 1.55. The molecule has 2 unspecified atom stereocenters. The van der Waals surface area contributed by atoms with Gasteiger partial charge < -0.3 is 5.32 Å². The first-order valence-electron chi connectivity index (χ1n) is 4.98. The highest BCUT2D eigenvalue weighted by Crippen LogP contribution is 2.35. The molecule has 3 heteroatoms. The Labute approximate surface area is 95.5 Å². The van der Waals surface area contributed by atoms with Crippen molar-refractivity contribution in [2.75, 3.05) is 7.05 Å². The molecule has 1 aromatic rings. The van der Waals surface area contributed by atoms with Crippen molar-refractivity contribution in [3.05, 3.63) is 21.3 Å². The Balaban J connectivity index is 2.87. The average molecular weight is 232 g/mol. The second-order valence-corrected chi connectivity index (χ2v) is 5.36. The van der Waals surface area contributed by atoms with Crippen LogP contribution in [-0.4, -0.2) is 7.05 Å². The van der Waals surface area contributed by atoms with Crippen LogP contribution in [0.2, 0.25) is 5.02 Å². The first-order chi connectivity index (χ1) is 6.57. The number of rotatable bonds is 4. The lowest BCUT2D eigenvalue weighted by Gasteiger charge is -2.26. The quantitative estimate of drug-likeness (QED) is 0.828. The maximum atomic E-state index is 6.13. The number of thiophene rings is 1. The highest BCUT2D eigenvalue weighted by molar-refractivity contribution is 7.10. The molecule has 0 radical (unpaired) electrons. The van der Waals surface area contributed by atoms with Crippen LogP contribution in [-0.2, 0) is 0 Å². The first-order valence-corrected chi connectivity index (χ1v) is 6.23. The smallest absolute Gasteiger partial charge is 0.0561 e. The minimum Gasteiger partial charge on any atom is -0.312 e. The highest BCUT2D eigenvalue weighted by atomic mass is 35.5. The molecule has 0 aliphatic heterocycles. The molecule has 0 aromatic carbocycles. The predicted octanol–water partition coefficient (Wildman–Crippen LogP) is 3.95. The van der Waals surface area contributed by atoms with Gasteiger partial charge in [-0.2, -0.15) is 0 Å². The molecule has 0 aliphatic carbocycles. The van der Waals surface area contributed by atoms with E-state index in [1.807, 2.05) is 13.1 Å². The Morgan fingerprint density at radius 2 is 2.00 bits per heavy atom. The summed E-state index contributed by atoms with van der Waals surface area (Å²) in [7, 11) is 2.00. The standard InChI is InChI=1S/C11H18ClNS/c1-7(2)8(3)10(13-4)11-9(12)5-6-14-11/h5-8,10,13H,1-4H3. The molecule has 0 spiro atoms. The summed E-state index contributed by atoms with van der Waals surface area (Å²) in [5.74, 6) is 1.25. The number of nitrogens with one attached hydrogen (secondary N) is 1. The van der Waals surface area contributed by atoms with Crippen molar-refractivity contribution in [2.24, 2.45) is 11.8 Å². The van der Waals surface area contributed by atoms with Crippen LogP contribution >= 0.6 is 22.9 Å². The summed E-state index contributed by atoms with van der Waals surface area (Å²) in [6, 6.07) is 2.35. The van der Waals surface area contributed by atoms with E-state index in [2.05, 4.69) is 31.5 Å². The topological polar surface area (TPSA) is 12.0 Å². The zero-order valence-electron chi connectivity index (χ0n) is 9.17. The van der Waals surface area contributed by atoms with Gasteiger partial charge in [0.15, 0.2) is 0 Å². The van der Waals surface area contributed by atoms with Gasteiger partial charge in [0, 0.05) is 10.9 Å². The van der Waals surface area contributed by atoms with Gasteiger partial charge in [-0.3, -0.25) is 0 Å². The molecule has 0 amide bonds. The van der Waals surface area contributed by atoms with Gasteiger partial charge in [-0.25, -0.2) is 0 Å². The lowest BCUT2D eigenvalue weighted by molar-refractivity contribution is 0.321. The van der Waals surface area contributed by atoms with E-state index in [1.165, 1.54) is 4.88 Å². The normalized spacial score (nSPS) is 15.9. The van der Waals surface area contributed by atoms with Crippen molar-refractivity contribution in [3.63, 3.8) is 0 Å². The van der Waals surface area contributed by atoms with Crippen LogP contribution in [0.3, 0.4) is 0 Å². The molecular weight excluding hydrogens is 214 g/mol. The van der Waals surface area contributed by atoms with Gasteiger partial charge in [-0.1, -0.05) is 32.4 Å². The monoisotopic (exact) mass is 231 g/mol. The van der Waals surface area contributed by atoms with Gasteiger partial charge in [0.05, 0.1) is 5.02 Å². The minimum atomic E-state index is 0.377. The van der Waals surface area contributed by atoms with E-state index < -0.39 is 0 Å². The van der Waals surface area contributed by atoms with E-state index >= 15 is 0 Å². The molecule has 1 N–H and O–H groups in total. The molecule has 0 aliphatic rings. The summed E-state index contributed by atoms with van der Waals surface area (Å²) in [5, 5.41) is 6.29. The second kappa shape index (κ2) is 5.15. The maximum absolute atomic E-state index is 6.13. The summed E-state index contributed by atoms with van der Waals surface area (Å²) in [4.78, 5) is 1.26. The molecule has 14 heavy (non-hydrogen) atoms. The Morgan fingerprint density at radius 1 is 1.36 bits per heavy atom. The lowest BCUT2D eigenvalue weighted by Crippen LogP contribution is -2.26. The van der Waals surface area contributed by atoms with Crippen LogP contribution in [0.4, 0.5) is 0 Å². The van der Waals surface area contributed by atoms with Crippen molar-refractivity contribution < 1.29 is 0 Å². The van der Waals surface area contributed by atoms with E-state index in [0.29, 0.717) is 17.9 Å². The van der Waals surface area contributed by atoms with Crippen LogP contribution in [0.25, 0.3) is 0 Å². The largest absolute Gasteiger partial charge is 0.312 e. The van der Waals surface area contributed by atoms with E-state index in [-0.39, 0.29) is 0 Å². The molecule has 1 aromatic heterocycles. The summed E-state index contributed by atoms with van der Waals surface area (Å²) < 4.78 is 0. The Bertz CT molecular complexity index is 283. The van der Waals surface area contributed by atoms with Crippen molar-refractivity contribution in [1.29, 1.82) is 0 Å². The van der Waals surface area contributed by atoms with Crippen molar-refractivity contribution >= 4 is 22.9 Å². The fraction of sp³-hybridized carbons (Fsp3) is 0.636. The lowest BCUT2D eigenvalue weighted by atomic mass is 9.89. The molecule has 1 heterocycles. The molecular formula is C11H18ClNS. The van der Waals surface area contributed by atoms with Crippen molar-refractivity contribution in [2.45, 2.75) is 26.8 Å². The third-order valence-corrected chi connectivity index (χ3v) is 4.26. The number of halogens is 1. The SMILES string of the molecule is CNC(c1sccc1Cl)C(C)C(C)C. The fourth-order valence-corrected chi connectivity index (χ4v) is 2.94. The molecule has 0 saturated heterocycles. The molecule has 0 bridgehead atoms. The molecule has 0 fully saturated rings. The minimum absolute atomic E-state index is 0.377. The zero-order chi connectivity index (χ0) is 10.7. The third-order valence-electron chi connectivity index (χ3n) is 2.82. The number of hydrogen-bond donors (Lipinski definition) is 1. The van der Waals surface area contributed by atoms with Gasteiger partial charge in [-0.05, 0) is 30.3 Å². The van der Waals surface area contributed by atoms with E-state index in [9.17, 15) is 0 Å². The predicted molar refractivity (Wildman–Crippen MR) is 65.1 cm³/mol. The molecule has 1 rings (SSSR count). The van der Waals surface area contributed by atoms with Gasteiger partial charge in [0.1, 0.15) is 0 Å². The Kier molecular flexibility index (Phi) is 4.42. The van der Waals surface area contributed by atoms with Gasteiger partial charge >= 0.3 is 0 Å². The molecule has 80 valence electrons. The molecule has 2 atom stereocenters. The summed E-state index contributed by atoms with van der Waals surface area (Å²) in [6.45, 7) is 6.76. The molecule has 1 nitrogen and oxygen atoms in total. The Morgan fingerprint density at radius 3 is 2.36 bits per heavy atom. The Hall–Kier alpha value is -0.0500. The van der Waals surface area contributed by atoms with Gasteiger partial charge in [-0.15, -0.1) is 11.3 Å². The van der Waals surface area contributed by atoms with E-state index in [0.717, 1.165) is 5.02 Å². The highest BCUT2D eigenvalue weighted by Gasteiger charge is 2.23. The van der Waals surface area contributed by atoms with Crippen LogP contribution in [0, 0.1) is 11.8 Å². The van der Waals surface area contributed by atoms with Gasteiger partial charge in [0.2, 0.25) is 0 Å². The average Bonchev–Trinajstić information content (AvgIpc) is 2.53. The van der Waals surface area contributed by atoms with Crippen molar-refractivity contribution in [1.82, 2.24) is 5.32 Å². The number of hydrogen-bond acceptors (Lipinski definition) is 2. The van der Waals surface area contributed by atoms with Crippen LogP contribution in [0.1, 0.15) is 31.7 Å². The summed E-state index contributed by atoms with van der Waals surface area (Å²) >= 11 is 7.87.